The highest BCUT2D eigenvalue weighted by molar-refractivity contribution is 7.22. The Labute approximate surface area is 142 Å². The van der Waals surface area contributed by atoms with Gasteiger partial charge in [0.2, 0.25) is 5.91 Å². The number of anilines is 3. The molecule has 0 fully saturated rings. The lowest BCUT2D eigenvalue weighted by atomic mass is 10.2. The average molecular weight is 340 g/mol. The number of amides is 3. The van der Waals surface area contributed by atoms with Gasteiger partial charge in [0.25, 0.3) is 0 Å². The van der Waals surface area contributed by atoms with Crippen LogP contribution in [0.2, 0.25) is 0 Å². The van der Waals surface area contributed by atoms with Crippen LogP contribution in [0.3, 0.4) is 0 Å². The van der Waals surface area contributed by atoms with Gasteiger partial charge in [0.05, 0.1) is 10.2 Å². The van der Waals surface area contributed by atoms with E-state index in [1.54, 1.807) is 12.1 Å². The van der Waals surface area contributed by atoms with Crippen LogP contribution in [-0.4, -0.2) is 16.9 Å². The van der Waals surface area contributed by atoms with E-state index in [2.05, 4.69) is 20.9 Å². The first-order valence-corrected chi connectivity index (χ1v) is 8.15. The number of fused-ring (bicyclic) bond motifs is 1. The molecule has 3 N–H and O–H groups in total. The Bertz CT molecular complexity index is 920. The number of hydrogen-bond donors (Lipinski definition) is 3. The van der Waals surface area contributed by atoms with Gasteiger partial charge in [0.15, 0.2) is 5.13 Å². The van der Waals surface area contributed by atoms with Crippen molar-refractivity contribution in [3.63, 3.8) is 0 Å². The van der Waals surface area contributed by atoms with Gasteiger partial charge in [-0.3, -0.25) is 4.79 Å². The molecule has 7 heteroatoms. The molecule has 6 nitrogen and oxygen atoms in total. The number of benzene rings is 2. The molecule has 122 valence electrons. The van der Waals surface area contributed by atoms with Crippen molar-refractivity contribution >= 4 is 50.0 Å². The highest BCUT2D eigenvalue weighted by Gasteiger charge is 2.08. The molecule has 1 aromatic heterocycles. The number of hydrogen-bond acceptors (Lipinski definition) is 4. The summed E-state index contributed by atoms with van der Waals surface area (Å²) in [4.78, 5) is 27.5. The minimum absolute atomic E-state index is 0.162. The predicted molar refractivity (Wildman–Crippen MR) is 97.7 cm³/mol. The van der Waals surface area contributed by atoms with Gasteiger partial charge in [-0.1, -0.05) is 29.5 Å². The van der Waals surface area contributed by atoms with Gasteiger partial charge in [-0.05, 0) is 36.8 Å². The van der Waals surface area contributed by atoms with Crippen molar-refractivity contribution in [2.45, 2.75) is 13.8 Å². The number of nitrogens with one attached hydrogen (secondary N) is 3. The molecule has 0 radical (unpaired) electrons. The maximum absolute atomic E-state index is 12.1. The smallest absolute Gasteiger partial charge is 0.308 e. The molecule has 1 heterocycles. The highest BCUT2D eigenvalue weighted by Crippen LogP contribution is 2.28. The molecule has 0 spiro atoms. The Morgan fingerprint density at radius 2 is 1.83 bits per heavy atom. The number of nitrogens with zero attached hydrogens (tertiary/aromatic N) is 1. The first-order chi connectivity index (χ1) is 11.5. The van der Waals surface area contributed by atoms with E-state index in [9.17, 15) is 9.59 Å². The second kappa shape index (κ2) is 6.67. The van der Waals surface area contributed by atoms with Crippen molar-refractivity contribution in [1.29, 1.82) is 0 Å². The molecule has 0 unspecified atom stereocenters. The summed E-state index contributed by atoms with van der Waals surface area (Å²) in [6, 6.07) is 12.7. The number of rotatable bonds is 3. The third-order valence-corrected chi connectivity index (χ3v) is 4.26. The maximum atomic E-state index is 12.1. The summed E-state index contributed by atoms with van der Waals surface area (Å²) in [6.07, 6.45) is 0. The van der Waals surface area contributed by atoms with Crippen LogP contribution in [0.15, 0.2) is 42.5 Å². The third kappa shape index (κ3) is 3.69. The lowest BCUT2D eigenvalue weighted by molar-refractivity contribution is -0.114. The summed E-state index contributed by atoms with van der Waals surface area (Å²) in [7, 11) is 0. The monoisotopic (exact) mass is 340 g/mol. The summed E-state index contributed by atoms with van der Waals surface area (Å²) < 4.78 is 0.882. The normalized spacial score (nSPS) is 10.4. The first kappa shape index (κ1) is 15.9. The Hall–Kier alpha value is -2.93. The van der Waals surface area contributed by atoms with Crippen LogP contribution in [0, 0.1) is 6.92 Å². The summed E-state index contributed by atoms with van der Waals surface area (Å²) in [6.45, 7) is 3.37. The number of urea groups is 1. The van der Waals surface area contributed by atoms with Crippen molar-refractivity contribution in [1.82, 2.24) is 4.98 Å². The number of para-hydroxylation sites is 1. The number of thiazole rings is 1. The Kier molecular flexibility index (Phi) is 4.43. The lowest BCUT2D eigenvalue weighted by Gasteiger charge is -2.09. The standard InChI is InChI=1S/C17H16N4O2S/c1-10-5-3-4-6-13(10)20-16(23)19-12-7-8-14-15(9-12)24-17(21-14)18-11(2)22/h3-9H,1-2H3,(H,18,21,22)(H2,19,20,23). The summed E-state index contributed by atoms with van der Waals surface area (Å²) in [5.41, 5.74) is 3.19. The first-order valence-electron chi connectivity index (χ1n) is 7.33. The van der Waals surface area contributed by atoms with Gasteiger partial charge in [-0.25, -0.2) is 9.78 Å². The fraction of sp³-hybridized carbons (Fsp3) is 0.118. The molecule has 0 saturated heterocycles. The fourth-order valence-corrected chi connectivity index (χ4v) is 3.16. The quantitative estimate of drug-likeness (QED) is 0.668. The van der Waals surface area contributed by atoms with Crippen LogP contribution >= 0.6 is 11.3 Å². The van der Waals surface area contributed by atoms with E-state index >= 15 is 0 Å². The van der Waals surface area contributed by atoms with Crippen molar-refractivity contribution in [2.75, 3.05) is 16.0 Å². The molecule has 0 bridgehead atoms. The molecular weight excluding hydrogens is 324 g/mol. The zero-order chi connectivity index (χ0) is 17.1. The Morgan fingerprint density at radius 3 is 2.58 bits per heavy atom. The molecule has 0 atom stereocenters. The van der Waals surface area contributed by atoms with Crippen LogP contribution in [0.25, 0.3) is 10.2 Å². The SMILES string of the molecule is CC(=O)Nc1nc2ccc(NC(=O)Nc3ccccc3C)cc2s1. The van der Waals surface area contributed by atoms with E-state index < -0.39 is 0 Å². The van der Waals surface area contributed by atoms with Crippen LogP contribution in [0.1, 0.15) is 12.5 Å². The minimum Gasteiger partial charge on any atom is -0.308 e. The molecule has 0 aliphatic carbocycles. The van der Waals surface area contributed by atoms with Crippen molar-refractivity contribution in [3.8, 4) is 0 Å². The number of carbonyl (C=O) groups is 2. The molecule has 3 amide bonds. The molecule has 24 heavy (non-hydrogen) atoms. The average Bonchev–Trinajstić information content (AvgIpc) is 2.90. The van der Waals surface area contributed by atoms with Crippen LogP contribution in [-0.2, 0) is 4.79 Å². The van der Waals surface area contributed by atoms with Gasteiger partial charge >= 0.3 is 6.03 Å². The van der Waals surface area contributed by atoms with Crippen LogP contribution < -0.4 is 16.0 Å². The van der Waals surface area contributed by atoms with E-state index in [4.69, 9.17) is 0 Å². The van der Waals surface area contributed by atoms with E-state index in [-0.39, 0.29) is 11.9 Å². The molecule has 0 aliphatic rings. The predicted octanol–water partition coefficient (Wildman–Crippen LogP) is 4.21. The number of carbonyl (C=O) groups excluding carboxylic acids is 2. The Morgan fingerprint density at radius 1 is 1.04 bits per heavy atom. The van der Waals surface area contributed by atoms with E-state index in [1.165, 1.54) is 18.3 Å². The third-order valence-electron chi connectivity index (χ3n) is 3.32. The second-order valence-corrected chi connectivity index (χ2v) is 6.31. The molecule has 3 rings (SSSR count). The van der Waals surface area contributed by atoms with Crippen LogP contribution in [0.4, 0.5) is 21.3 Å². The topological polar surface area (TPSA) is 83.1 Å². The summed E-state index contributed by atoms with van der Waals surface area (Å²) in [5, 5.41) is 8.82. The van der Waals surface area contributed by atoms with Crippen molar-refractivity contribution in [3.05, 3.63) is 48.0 Å². The van der Waals surface area contributed by atoms with Gasteiger partial charge < -0.3 is 16.0 Å². The molecular formula is C17H16N4O2S. The lowest BCUT2D eigenvalue weighted by Crippen LogP contribution is -2.19. The summed E-state index contributed by atoms with van der Waals surface area (Å²) >= 11 is 1.36. The van der Waals surface area contributed by atoms with Crippen LogP contribution in [0.5, 0.6) is 0 Å². The Balaban J connectivity index is 1.73. The number of aryl methyl sites for hydroxylation is 1. The highest BCUT2D eigenvalue weighted by atomic mass is 32.1. The van der Waals surface area contributed by atoms with Gasteiger partial charge in [-0.15, -0.1) is 0 Å². The zero-order valence-corrected chi connectivity index (χ0v) is 14.0. The van der Waals surface area contributed by atoms with Gasteiger partial charge in [-0.2, -0.15) is 0 Å². The van der Waals surface area contributed by atoms with Gasteiger partial charge in [0, 0.05) is 18.3 Å². The number of aromatic nitrogens is 1. The van der Waals surface area contributed by atoms with E-state index in [1.807, 2.05) is 37.3 Å². The van der Waals surface area contributed by atoms with Gasteiger partial charge in [0.1, 0.15) is 0 Å². The largest absolute Gasteiger partial charge is 0.323 e. The van der Waals surface area contributed by atoms with E-state index in [0.717, 1.165) is 21.5 Å². The summed E-state index contributed by atoms with van der Waals surface area (Å²) in [5.74, 6) is -0.162. The fourth-order valence-electron chi connectivity index (χ4n) is 2.20. The van der Waals surface area contributed by atoms with Crippen molar-refractivity contribution in [2.24, 2.45) is 0 Å². The zero-order valence-electron chi connectivity index (χ0n) is 13.2. The maximum Gasteiger partial charge on any atom is 0.323 e. The minimum atomic E-state index is -0.310. The second-order valence-electron chi connectivity index (χ2n) is 5.28. The van der Waals surface area contributed by atoms with E-state index in [0.29, 0.717) is 10.8 Å². The van der Waals surface area contributed by atoms with Crippen molar-refractivity contribution < 1.29 is 9.59 Å². The molecule has 0 aliphatic heterocycles. The molecule has 2 aromatic carbocycles. The molecule has 0 saturated carbocycles. The molecule has 3 aromatic rings.